The van der Waals surface area contributed by atoms with Crippen molar-refractivity contribution in [1.29, 1.82) is 0 Å². The van der Waals surface area contributed by atoms with Gasteiger partial charge in [0.15, 0.2) is 6.10 Å². The van der Waals surface area contributed by atoms with Crippen LogP contribution in [0.25, 0.3) is 0 Å². The van der Waals surface area contributed by atoms with Crippen molar-refractivity contribution in [2.75, 3.05) is 11.9 Å². The maximum Gasteiger partial charge on any atom is 0.310 e. The number of hydrogen-bond acceptors (Lipinski definition) is 3. The van der Waals surface area contributed by atoms with Crippen LogP contribution < -0.4 is 4.90 Å². The lowest BCUT2D eigenvalue weighted by atomic mass is 9.52. The molecule has 1 aromatic rings. The summed E-state index contributed by atoms with van der Waals surface area (Å²) in [7, 11) is 1.73. The van der Waals surface area contributed by atoms with Gasteiger partial charge in [0.2, 0.25) is 0 Å². The molecule has 4 aliphatic carbocycles. The number of para-hydroxylation sites is 1. The molecule has 1 aromatic carbocycles. The van der Waals surface area contributed by atoms with Crippen LogP contribution in [0.2, 0.25) is 0 Å². The first-order valence-electron chi connectivity index (χ1n) is 9.56. The standard InChI is InChI=1S/C21H27NO3/c1-13(20(23)22(2)18-6-4-3-5-7-18)25-21(24)19-16-9-14-8-15(11-16)12-17(19)10-14/h3-7,13-17,19H,8-12H2,1-2H3/t13-,14?,15?,16?,17?,19?/m1/s1. The van der Waals surface area contributed by atoms with E-state index in [9.17, 15) is 9.59 Å². The second kappa shape index (κ2) is 6.47. The zero-order valence-corrected chi connectivity index (χ0v) is 15.1. The van der Waals surface area contributed by atoms with Gasteiger partial charge < -0.3 is 9.64 Å². The van der Waals surface area contributed by atoms with E-state index >= 15 is 0 Å². The lowest BCUT2D eigenvalue weighted by Crippen LogP contribution is -2.49. The first kappa shape index (κ1) is 16.6. The van der Waals surface area contributed by atoms with Crippen molar-refractivity contribution < 1.29 is 14.3 Å². The summed E-state index contributed by atoms with van der Waals surface area (Å²) in [6, 6.07) is 9.46. The summed E-state index contributed by atoms with van der Waals surface area (Å²) < 4.78 is 5.65. The van der Waals surface area contributed by atoms with Gasteiger partial charge in [-0.1, -0.05) is 18.2 Å². The molecule has 0 N–H and O–H groups in total. The zero-order chi connectivity index (χ0) is 17.6. The smallest absolute Gasteiger partial charge is 0.310 e. The molecular formula is C21H27NO3. The van der Waals surface area contributed by atoms with Gasteiger partial charge in [-0.3, -0.25) is 9.59 Å². The molecule has 4 aliphatic rings. The molecule has 0 heterocycles. The van der Waals surface area contributed by atoms with E-state index in [2.05, 4.69) is 0 Å². The van der Waals surface area contributed by atoms with Crippen molar-refractivity contribution >= 4 is 17.6 Å². The number of nitrogens with zero attached hydrogens (tertiary/aromatic N) is 1. The van der Waals surface area contributed by atoms with Crippen molar-refractivity contribution in [1.82, 2.24) is 0 Å². The van der Waals surface area contributed by atoms with E-state index < -0.39 is 6.10 Å². The lowest BCUT2D eigenvalue weighted by Gasteiger charge is -2.53. The van der Waals surface area contributed by atoms with Gasteiger partial charge in [0.25, 0.3) is 5.91 Å². The minimum atomic E-state index is -0.741. The largest absolute Gasteiger partial charge is 0.452 e. The molecule has 134 valence electrons. The van der Waals surface area contributed by atoms with Gasteiger partial charge in [0.05, 0.1) is 5.92 Å². The fourth-order valence-corrected chi connectivity index (χ4v) is 5.66. The van der Waals surface area contributed by atoms with Gasteiger partial charge in [-0.15, -0.1) is 0 Å². The Morgan fingerprint density at radius 1 is 1.00 bits per heavy atom. The van der Waals surface area contributed by atoms with E-state index in [1.165, 1.54) is 32.1 Å². The molecule has 4 heteroatoms. The van der Waals surface area contributed by atoms with Crippen molar-refractivity contribution in [3.05, 3.63) is 30.3 Å². The minimum absolute atomic E-state index is 0.0186. The third kappa shape index (κ3) is 3.07. The number of amides is 1. The molecule has 5 rings (SSSR count). The Balaban J connectivity index is 1.40. The van der Waals surface area contributed by atoms with Crippen LogP contribution in [0.15, 0.2) is 30.3 Å². The predicted octanol–water partition coefficient (Wildman–Crippen LogP) is 3.65. The molecule has 1 amide bonds. The molecule has 4 fully saturated rings. The van der Waals surface area contributed by atoms with E-state index in [0.717, 1.165) is 17.5 Å². The van der Waals surface area contributed by atoms with Crippen LogP contribution in [0.4, 0.5) is 5.69 Å². The van der Waals surface area contributed by atoms with E-state index in [1.807, 2.05) is 30.3 Å². The number of rotatable bonds is 4. The van der Waals surface area contributed by atoms with Gasteiger partial charge in [-0.25, -0.2) is 0 Å². The minimum Gasteiger partial charge on any atom is -0.452 e. The zero-order valence-electron chi connectivity index (χ0n) is 15.1. The highest BCUT2D eigenvalue weighted by Gasteiger charge is 2.51. The number of likely N-dealkylation sites (N-methyl/N-ethyl adjacent to an activating group) is 1. The number of carbonyl (C=O) groups excluding carboxylic acids is 2. The maximum absolute atomic E-state index is 12.8. The summed E-state index contributed by atoms with van der Waals surface area (Å²) in [6.45, 7) is 1.69. The van der Waals surface area contributed by atoms with Crippen molar-refractivity contribution in [3.8, 4) is 0 Å². The second-order valence-electron chi connectivity index (χ2n) is 8.27. The van der Waals surface area contributed by atoms with Gasteiger partial charge in [0.1, 0.15) is 0 Å². The van der Waals surface area contributed by atoms with Crippen LogP contribution in [0, 0.1) is 29.6 Å². The molecule has 0 unspecified atom stereocenters. The highest BCUT2D eigenvalue weighted by atomic mass is 16.5. The van der Waals surface area contributed by atoms with E-state index in [0.29, 0.717) is 11.8 Å². The first-order chi connectivity index (χ1) is 12.0. The quantitative estimate of drug-likeness (QED) is 0.785. The van der Waals surface area contributed by atoms with Crippen LogP contribution in [0.3, 0.4) is 0 Å². The Hall–Kier alpha value is -1.84. The van der Waals surface area contributed by atoms with Crippen LogP contribution in [0.5, 0.6) is 0 Å². The normalized spacial score (nSPS) is 33.8. The Bertz CT molecular complexity index is 628. The summed E-state index contributed by atoms with van der Waals surface area (Å²) in [5.41, 5.74) is 0.810. The van der Waals surface area contributed by atoms with Crippen molar-refractivity contribution in [2.45, 2.75) is 45.1 Å². The molecule has 4 nitrogen and oxygen atoms in total. The Kier molecular flexibility index (Phi) is 4.30. The summed E-state index contributed by atoms with van der Waals surface area (Å²) in [5.74, 6) is 2.32. The number of ether oxygens (including phenoxy) is 1. The van der Waals surface area contributed by atoms with Gasteiger partial charge >= 0.3 is 5.97 Å². The Labute approximate surface area is 149 Å². The predicted molar refractivity (Wildman–Crippen MR) is 95.9 cm³/mol. The van der Waals surface area contributed by atoms with E-state index in [-0.39, 0.29) is 17.8 Å². The van der Waals surface area contributed by atoms with Crippen molar-refractivity contribution in [3.63, 3.8) is 0 Å². The molecule has 0 aliphatic heterocycles. The number of anilines is 1. The average molecular weight is 341 g/mol. The first-order valence-corrected chi connectivity index (χ1v) is 9.56. The molecule has 0 aromatic heterocycles. The number of hydrogen-bond donors (Lipinski definition) is 0. The Morgan fingerprint density at radius 3 is 2.12 bits per heavy atom. The number of benzene rings is 1. The number of esters is 1. The molecule has 4 bridgehead atoms. The van der Waals surface area contributed by atoms with Crippen LogP contribution in [-0.2, 0) is 14.3 Å². The van der Waals surface area contributed by atoms with Crippen LogP contribution in [0.1, 0.15) is 39.0 Å². The third-order valence-electron chi connectivity index (χ3n) is 6.61. The van der Waals surface area contributed by atoms with Crippen LogP contribution in [-0.4, -0.2) is 25.0 Å². The molecule has 4 saturated carbocycles. The molecule has 25 heavy (non-hydrogen) atoms. The SMILES string of the molecule is C[C@@H](OC(=O)C1C2CC3CC(C2)CC1C3)C(=O)N(C)c1ccccc1. The van der Waals surface area contributed by atoms with Crippen molar-refractivity contribution in [2.24, 2.45) is 29.6 Å². The molecule has 0 radical (unpaired) electrons. The summed E-state index contributed by atoms with van der Waals surface area (Å²) in [5, 5.41) is 0. The van der Waals surface area contributed by atoms with Crippen LogP contribution >= 0.6 is 0 Å². The summed E-state index contributed by atoms with van der Waals surface area (Å²) in [4.78, 5) is 27.0. The average Bonchev–Trinajstić information content (AvgIpc) is 2.60. The van der Waals surface area contributed by atoms with E-state index in [4.69, 9.17) is 4.74 Å². The summed E-state index contributed by atoms with van der Waals surface area (Å²) in [6.07, 6.45) is 5.34. The van der Waals surface area contributed by atoms with Gasteiger partial charge in [-0.05, 0) is 74.8 Å². The topological polar surface area (TPSA) is 46.6 Å². The number of carbonyl (C=O) groups is 2. The van der Waals surface area contributed by atoms with Gasteiger partial charge in [-0.2, -0.15) is 0 Å². The summed E-state index contributed by atoms with van der Waals surface area (Å²) >= 11 is 0. The third-order valence-corrected chi connectivity index (χ3v) is 6.61. The van der Waals surface area contributed by atoms with E-state index in [1.54, 1.807) is 18.9 Å². The maximum atomic E-state index is 12.8. The second-order valence-corrected chi connectivity index (χ2v) is 8.27. The Morgan fingerprint density at radius 2 is 1.56 bits per heavy atom. The molecule has 0 spiro atoms. The molecule has 1 atom stereocenters. The highest BCUT2D eigenvalue weighted by Crippen LogP contribution is 2.56. The lowest BCUT2D eigenvalue weighted by molar-refractivity contribution is -0.169. The molecule has 0 saturated heterocycles. The fraction of sp³-hybridized carbons (Fsp3) is 0.619. The monoisotopic (exact) mass is 341 g/mol. The van der Waals surface area contributed by atoms with Gasteiger partial charge in [0, 0.05) is 12.7 Å². The highest BCUT2D eigenvalue weighted by molar-refractivity contribution is 5.97. The fourth-order valence-electron chi connectivity index (χ4n) is 5.66. The molecular weight excluding hydrogens is 314 g/mol.